The Kier molecular flexibility index (Phi) is 2.49. The van der Waals surface area contributed by atoms with Crippen molar-refractivity contribution in [2.45, 2.75) is 18.4 Å². The molecule has 2 aliphatic rings. The SMILES string of the molecule is O=C(O)C1(C2(O)CNC2)CCSCC1. The summed E-state index contributed by atoms with van der Waals surface area (Å²) in [5, 5.41) is 22.5. The van der Waals surface area contributed by atoms with Gasteiger partial charge >= 0.3 is 5.97 Å². The molecule has 2 saturated heterocycles. The quantitative estimate of drug-likeness (QED) is 0.603. The lowest BCUT2D eigenvalue weighted by atomic mass is 9.65. The van der Waals surface area contributed by atoms with Crippen LogP contribution in [0.2, 0.25) is 0 Å². The predicted octanol–water partition coefficient (Wildman–Crippen LogP) is -0.0813. The average Bonchev–Trinajstić information content (AvgIpc) is 2.15. The minimum atomic E-state index is -1.01. The minimum absolute atomic E-state index is 0.421. The molecule has 80 valence electrons. The number of carbonyl (C=O) groups is 1. The number of rotatable bonds is 2. The molecule has 0 aromatic heterocycles. The van der Waals surface area contributed by atoms with Gasteiger partial charge in [0, 0.05) is 13.1 Å². The molecule has 2 aliphatic heterocycles. The van der Waals surface area contributed by atoms with Crippen LogP contribution in [0.4, 0.5) is 0 Å². The van der Waals surface area contributed by atoms with Gasteiger partial charge in [-0.25, -0.2) is 0 Å². The summed E-state index contributed by atoms with van der Waals surface area (Å²) in [6, 6.07) is 0. The fourth-order valence-corrected chi connectivity index (χ4v) is 3.49. The van der Waals surface area contributed by atoms with Crippen molar-refractivity contribution in [3.05, 3.63) is 0 Å². The van der Waals surface area contributed by atoms with Gasteiger partial charge in [-0.05, 0) is 24.3 Å². The van der Waals surface area contributed by atoms with E-state index in [-0.39, 0.29) is 0 Å². The zero-order valence-electron chi connectivity index (χ0n) is 7.95. The highest BCUT2D eigenvalue weighted by molar-refractivity contribution is 7.99. The van der Waals surface area contributed by atoms with Crippen LogP contribution in [0, 0.1) is 5.41 Å². The number of aliphatic hydroxyl groups is 1. The van der Waals surface area contributed by atoms with Crippen molar-refractivity contribution >= 4 is 17.7 Å². The number of nitrogens with one attached hydrogen (secondary N) is 1. The molecule has 0 saturated carbocycles. The van der Waals surface area contributed by atoms with Crippen molar-refractivity contribution in [2.75, 3.05) is 24.6 Å². The van der Waals surface area contributed by atoms with E-state index < -0.39 is 17.0 Å². The van der Waals surface area contributed by atoms with E-state index >= 15 is 0 Å². The number of hydrogen-bond donors (Lipinski definition) is 3. The summed E-state index contributed by atoms with van der Waals surface area (Å²) in [5.74, 6) is 0.852. The number of carboxylic acids is 1. The lowest BCUT2D eigenvalue weighted by Gasteiger charge is -2.51. The fourth-order valence-electron chi connectivity index (χ4n) is 2.30. The summed E-state index contributed by atoms with van der Waals surface area (Å²) in [6.45, 7) is 0.841. The molecular weight excluding hydrogens is 202 g/mol. The Morgan fingerprint density at radius 2 is 1.86 bits per heavy atom. The summed E-state index contributed by atoms with van der Waals surface area (Å²) in [6.07, 6.45) is 1.18. The van der Waals surface area contributed by atoms with Gasteiger partial charge < -0.3 is 15.5 Å². The van der Waals surface area contributed by atoms with E-state index in [9.17, 15) is 15.0 Å². The molecule has 14 heavy (non-hydrogen) atoms. The maximum atomic E-state index is 11.3. The number of thioether (sulfide) groups is 1. The number of β-amino-alcohol motifs (C(OH)–C–C–N with tert-alkyl or cyclic N) is 1. The predicted molar refractivity (Wildman–Crippen MR) is 54.4 cm³/mol. The third-order valence-corrected chi connectivity index (χ3v) is 4.47. The molecular formula is C9H15NO3S. The van der Waals surface area contributed by atoms with Crippen molar-refractivity contribution in [3.63, 3.8) is 0 Å². The van der Waals surface area contributed by atoms with Crippen LogP contribution < -0.4 is 5.32 Å². The first kappa shape index (κ1) is 10.3. The van der Waals surface area contributed by atoms with Crippen LogP contribution >= 0.6 is 11.8 Å². The van der Waals surface area contributed by atoms with E-state index in [1.807, 2.05) is 0 Å². The Balaban J connectivity index is 2.24. The van der Waals surface area contributed by atoms with Gasteiger partial charge in [0.25, 0.3) is 0 Å². The van der Waals surface area contributed by atoms with Crippen LogP contribution in [0.25, 0.3) is 0 Å². The molecule has 0 unspecified atom stereocenters. The Hall–Kier alpha value is -0.260. The smallest absolute Gasteiger partial charge is 0.312 e. The maximum absolute atomic E-state index is 11.3. The molecule has 0 spiro atoms. The van der Waals surface area contributed by atoms with Crippen LogP contribution in [0.3, 0.4) is 0 Å². The normalized spacial score (nSPS) is 29.2. The second kappa shape index (κ2) is 3.40. The first-order chi connectivity index (χ1) is 6.61. The molecule has 0 aliphatic carbocycles. The highest BCUT2D eigenvalue weighted by atomic mass is 32.2. The van der Waals surface area contributed by atoms with Crippen molar-refractivity contribution in [2.24, 2.45) is 5.41 Å². The van der Waals surface area contributed by atoms with Crippen molar-refractivity contribution < 1.29 is 15.0 Å². The minimum Gasteiger partial charge on any atom is -0.481 e. The van der Waals surface area contributed by atoms with Gasteiger partial charge in [-0.2, -0.15) is 11.8 Å². The third kappa shape index (κ3) is 1.26. The lowest BCUT2D eigenvalue weighted by molar-refractivity contribution is -0.179. The molecule has 5 heteroatoms. The summed E-state index contributed by atoms with van der Waals surface area (Å²) in [7, 11) is 0. The Morgan fingerprint density at radius 1 is 1.29 bits per heavy atom. The molecule has 2 rings (SSSR count). The van der Waals surface area contributed by atoms with Crippen LogP contribution in [0.1, 0.15) is 12.8 Å². The Bertz CT molecular complexity index is 246. The van der Waals surface area contributed by atoms with Gasteiger partial charge in [0.1, 0.15) is 11.0 Å². The Morgan fingerprint density at radius 3 is 2.21 bits per heavy atom. The van der Waals surface area contributed by atoms with E-state index in [0.29, 0.717) is 25.9 Å². The van der Waals surface area contributed by atoms with Crippen molar-refractivity contribution in [1.82, 2.24) is 5.32 Å². The van der Waals surface area contributed by atoms with Crippen molar-refractivity contribution in [3.8, 4) is 0 Å². The standard InChI is InChI=1S/C9H15NO3S/c11-7(12)8(1-3-14-4-2-8)9(13)5-10-6-9/h10,13H,1-6H2,(H,11,12). The molecule has 0 aromatic rings. The highest BCUT2D eigenvalue weighted by Crippen LogP contribution is 2.45. The van der Waals surface area contributed by atoms with Crippen LogP contribution in [-0.4, -0.2) is 46.4 Å². The van der Waals surface area contributed by atoms with Crippen molar-refractivity contribution in [1.29, 1.82) is 0 Å². The van der Waals surface area contributed by atoms with E-state index in [0.717, 1.165) is 11.5 Å². The molecule has 0 atom stereocenters. The maximum Gasteiger partial charge on any atom is 0.312 e. The van der Waals surface area contributed by atoms with Crippen LogP contribution in [0.5, 0.6) is 0 Å². The zero-order chi connectivity index (χ0) is 10.2. The van der Waals surface area contributed by atoms with Gasteiger partial charge in [0.2, 0.25) is 0 Å². The number of hydrogen-bond acceptors (Lipinski definition) is 4. The Labute approximate surface area is 87.1 Å². The number of aliphatic carboxylic acids is 1. The van der Waals surface area contributed by atoms with Gasteiger partial charge in [0.05, 0.1) is 0 Å². The molecule has 0 amide bonds. The second-order valence-corrected chi connectivity index (χ2v) is 5.36. The topological polar surface area (TPSA) is 69.6 Å². The zero-order valence-corrected chi connectivity index (χ0v) is 8.77. The monoisotopic (exact) mass is 217 g/mol. The molecule has 0 radical (unpaired) electrons. The highest BCUT2D eigenvalue weighted by Gasteiger charge is 2.59. The number of carboxylic acid groups (broad SMARTS) is 1. The summed E-state index contributed by atoms with van der Waals surface area (Å²) >= 11 is 1.77. The van der Waals surface area contributed by atoms with Gasteiger partial charge in [-0.1, -0.05) is 0 Å². The van der Waals surface area contributed by atoms with E-state index in [1.54, 1.807) is 11.8 Å². The average molecular weight is 217 g/mol. The molecule has 0 bridgehead atoms. The second-order valence-electron chi connectivity index (χ2n) is 4.13. The first-order valence-electron chi connectivity index (χ1n) is 4.85. The third-order valence-electron chi connectivity index (χ3n) is 3.48. The lowest BCUT2D eigenvalue weighted by Crippen LogP contribution is -2.71. The van der Waals surface area contributed by atoms with E-state index in [2.05, 4.69) is 5.32 Å². The van der Waals surface area contributed by atoms with Gasteiger partial charge in [-0.3, -0.25) is 4.79 Å². The fraction of sp³-hybridized carbons (Fsp3) is 0.889. The largest absolute Gasteiger partial charge is 0.481 e. The molecule has 0 aromatic carbocycles. The van der Waals surface area contributed by atoms with Crippen LogP contribution in [0.15, 0.2) is 0 Å². The van der Waals surface area contributed by atoms with Gasteiger partial charge in [-0.15, -0.1) is 0 Å². The molecule has 4 nitrogen and oxygen atoms in total. The molecule has 3 N–H and O–H groups in total. The molecule has 2 fully saturated rings. The summed E-state index contributed by atoms with van der Waals surface area (Å²) < 4.78 is 0. The van der Waals surface area contributed by atoms with Crippen LogP contribution in [-0.2, 0) is 4.79 Å². The van der Waals surface area contributed by atoms with Gasteiger partial charge in [0.15, 0.2) is 0 Å². The summed E-state index contributed by atoms with van der Waals surface area (Å²) in [5.41, 5.74) is -1.91. The first-order valence-corrected chi connectivity index (χ1v) is 6.00. The van der Waals surface area contributed by atoms with E-state index in [1.165, 1.54) is 0 Å². The molecule has 2 heterocycles. The van der Waals surface area contributed by atoms with E-state index in [4.69, 9.17) is 0 Å². The summed E-state index contributed by atoms with van der Waals surface area (Å²) in [4.78, 5) is 11.3.